The molecule has 0 saturated heterocycles. The lowest BCUT2D eigenvalue weighted by Gasteiger charge is -2.24. The molecule has 2 aliphatic rings. The smallest absolute Gasteiger partial charge is 0.240 e. The van der Waals surface area contributed by atoms with Crippen molar-refractivity contribution in [3.8, 4) is 11.5 Å². The number of nitrogens with one attached hydrogen (secondary N) is 2. The molecular formula is C29H32N2O7S. The molecule has 206 valence electrons. The molecule has 1 heterocycles. The van der Waals surface area contributed by atoms with E-state index < -0.39 is 34.2 Å². The summed E-state index contributed by atoms with van der Waals surface area (Å²) in [5, 5.41) is 24.4. The zero-order valence-electron chi connectivity index (χ0n) is 21.3. The molecule has 0 spiro atoms. The number of hydrogen-bond donors (Lipinski definition) is 4. The molecule has 0 saturated carbocycles. The number of hydrogen-bond acceptors (Lipinski definition) is 7. The first kappa shape index (κ1) is 27.1. The van der Waals surface area contributed by atoms with Crippen molar-refractivity contribution in [1.29, 1.82) is 0 Å². The summed E-state index contributed by atoms with van der Waals surface area (Å²) in [4.78, 5) is 13.4. The maximum Gasteiger partial charge on any atom is 0.240 e. The molecule has 0 fully saturated rings. The van der Waals surface area contributed by atoms with Gasteiger partial charge in [-0.05, 0) is 41.7 Å². The molecule has 5 rings (SSSR count). The van der Waals surface area contributed by atoms with Crippen LogP contribution < -0.4 is 19.5 Å². The van der Waals surface area contributed by atoms with E-state index in [0.717, 1.165) is 16.7 Å². The number of benzene rings is 3. The summed E-state index contributed by atoms with van der Waals surface area (Å²) >= 11 is 0. The van der Waals surface area contributed by atoms with Crippen LogP contribution in [0, 0.1) is 5.92 Å². The summed E-state index contributed by atoms with van der Waals surface area (Å²) in [7, 11) is -3.94. The second-order valence-electron chi connectivity index (χ2n) is 9.89. The fourth-order valence-corrected chi connectivity index (χ4v) is 6.18. The average Bonchev–Trinajstić information content (AvgIpc) is 3.26. The van der Waals surface area contributed by atoms with E-state index in [1.807, 2.05) is 54.6 Å². The molecule has 1 aliphatic heterocycles. The Morgan fingerprint density at radius 2 is 1.69 bits per heavy atom. The number of fused-ring (bicyclic) bond motifs is 2. The van der Waals surface area contributed by atoms with E-state index in [0.29, 0.717) is 37.6 Å². The van der Waals surface area contributed by atoms with Gasteiger partial charge in [-0.15, -0.1) is 0 Å². The van der Waals surface area contributed by atoms with Crippen LogP contribution in [0.3, 0.4) is 0 Å². The molecule has 0 radical (unpaired) electrons. The quantitative estimate of drug-likeness (QED) is 0.303. The standard InChI is InChI=1S/C29H32N2O7S/c32-22(18-30-39(35,36)23-10-11-26-27(17-23)38-13-12-37-26)15-21(14-19-6-2-1-3-7-19)29(34)31-28-24-9-5-4-8-20(24)16-25(28)33/h1-11,17,21-22,25,28,30,32-33H,12-16,18H2,(H,31,34)/t21-,22+,25-,28+/m1/s1. The molecule has 10 heteroatoms. The third-order valence-corrected chi connectivity index (χ3v) is 8.51. The second kappa shape index (κ2) is 11.7. The Kier molecular flexibility index (Phi) is 8.18. The van der Waals surface area contributed by atoms with Gasteiger partial charge in [-0.1, -0.05) is 54.6 Å². The highest BCUT2D eigenvalue weighted by atomic mass is 32.2. The molecule has 4 N–H and O–H groups in total. The van der Waals surface area contributed by atoms with Crippen LogP contribution in [-0.2, 0) is 27.7 Å². The normalized spacial score (nSPS) is 19.6. The van der Waals surface area contributed by atoms with Gasteiger partial charge in [0.1, 0.15) is 13.2 Å². The van der Waals surface area contributed by atoms with Crippen LogP contribution in [0.4, 0.5) is 0 Å². The lowest BCUT2D eigenvalue weighted by Crippen LogP contribution is -2.41. The van der Waals surface area contributed by atoms with Gasteiger partial charge in [0.25, 0.3) is 0 Å². The molecule has 3 aromatic rings. The first-order valence-electron chi connectivity index (χ1n) is 13.0. The van der Waals surface area contributed by atoms with Crippen molar-refractivity contribution in [2.45, 2.75) is 42.4 Å². The largest absolute Gasteiger partial charge is 0.486 e. The monoisotopic (exact) mass is 552 g/mol. The Labute approximate surface area is 227 Å². The van der Waals surface area contributed by atoms with Crippen molar-refractivity contribution in [2.75, 3.05) is 19.8 Å². The van der Waals surface area contributed by atoms with Gasteiger partial charge in [-0.2, -0.15) is 0 Å². The van der Waals surface area contributed by atoms with E-state index in [9.17, 15) is 23.4 Å². The second-order valence-corrected chi connectivity index (χ2v) is 11.7. The summed E-state index contributed by atoms with van der Waals surface area (Å²) in [6.45, 7) is 0.453. The first-order valence-corrected chi connectivity index (χ1v) is 14.5. The number of sulfonamides is 1. The molecule has 0 bridgehead atoms. The Hall–Kier alpha value is -3.44. The van der Waals surface area contributed by atoms with Crippen LogP contribution in [-0.4, -0.2) is 56.5 Å². The van der Waals surface area contributed by atoms with Crippen molar-refractivity contribution in [2.24, 2.45) is 5.92 Å². The summed E-state index contributed by atoms with van der Waals surface area (Å²) in [5.41, 5.74) is 2.78. The third-order valence-electron chi connectivity index (χ3n) is 7.09. The van der Waals surface area contributed by atoms with Gasteiger partial charge in [-0.25, -0.2) is 13.1 Å². The van der Waals surface area contributed by atoms with Crippen LogP contribution in [0.2, 0.25) is 0 Å². The van der Waals surface area contributed by atoms with Gasteiger partial charge >= 0.3 is 0 Å². The summed E-state index contributed by atoms with van der Waals surface area (Å²) in [5.74, 6) is -0.139. The van der Waals surface area contributed by atoms with Gasteiger partial charge in [0.05, 0.1) is 23.1 Å². The summed E-state index contributed by atoms with van der Waals surface area (Å²) in [6, 6.07) is 20.8. The fourth-order valence-electron chi connectivity index (χ4n) is 5.09. The predicted octanol–water partition coefficient (Wildman–Crippen LogP) is 2.12. The number of rotatable bonds is 10. The Bertz CT molecular complexity index is 1410. The average molecular weight is 553 g/mol. The highest BCUT2D eigenvalue weighted by molar-refractivity contribution is 7.89. The van der Waals surface area contributed by atoms with E-state index in [2.05, 4.69) is 10.0 Å². The van der Waals surface area contributed by atoms with Crippen LogP contribution >= 0.6 is 0 Å². The minimum atomic E-state index is -3.94. The van der Waals surface area contributed by atoms with Crippen molar-refractivity contribution < 1.29 is 32.9 Å². The lowest BCUT2D eigenvalue weighted by molar-refractivity contribution is -0.127. The molecule has 1 aliphatic carbocycles. The molecule has 4 atom stereocenters. The van der Waals surface area contributed by atoms with Gasteiger partial charge in [0.15, 0.2) is 11.5 Å². The zero-order chi connectivity index (χ0) is 27.4. The lowest BCUT2D eigenvalue weighted by atomic mass is 9.92. The zero-order valence-corrected chi connectivity index (χ0v) is 22.1. The Morgan fingerprint density at radius 1 is 0.974 bits per heavy atom. The molecule has 1 amide bonds. The first-order chi connectivity index (χ1) is 18.8. The van der Waals surface area contributed by atoms with E-state index >= 15 is 0 Å². The number of carbonyl (C=O) groups excluding carboxylic acids is 1. The van der Waals surface area contributed by atoms with Gasteiger partial charge in [-0.3, -0.25) is 4.79 Å². The summed E-state index contributed by atoms with van der Waals surface area (Å²) < 4.78 is 39.1. The van der Waals surface area contributed by atoms with Crippen molar-refractivity contribution in [3.63, 3.8) is 0 Å². The topological polar surface area (TPSA) is 134 Å². The van der Waals surface area contributed by atoms with Gasteiger partial charge in [0.2, 0.25) is 15.9 Å². The van der Waals surface area contributed by atoms with E-state index in [1.54, 1.807) is 0 Å². The number of aliphatic hydroxyl groups excluding tert-OH is 2. The molecule has 3 aromatic carbocycles. The summed E-state index contributed by atoms with van der Waals surface area (Å²) in [6.07, 6.45) is -1.05. The predicted molar refractivity (Wildman–Crippen MR) is 144 cm³/mol. The van der Waals surface area contributed by atoms with E-state index in [-0.39, 0.29) is 23.8 Å². The highest BCUT2D eigenvalue weighted by Gasteiger charge is 2.34. The third kappa shape index (κ3) is 6.42. The fraction of sp³-hybridized carbons (Fsp3) is 0.345. The maximum atomic E-state index is 13.5. The highest BCUT2D eigenvalue weighted by Crippen LogP contribution is 2.33. The molecule has 39 heavy (non-hydrogen) atoms. The van der Waals surface area contributed by atoms with Gasteiger partial charge < -0.3 is 25.0 Å². The van der Waals surface area contributed by atoms with E-state index in [4.69, 9.17) is 9.47 Å². The van der Waals surface area contributed by atoms with Crippen LogP contribution in [0.1, 0.15) is 29.2 Å². The van der Waals surface area contributed by atoms with Crippen molar-refractivity contribution in [3.05, 3.63) is 89.5 Å². The Morgan fingerprint density at radius 3 is 2.49 bits per heavy atom. The number of amides is 1. The molecule has 9 nitrogen and oxygen atoms in total. The van der Waals surface area contributed by atoms with Crippen LogP contribution in [0.25, 0.3) is 0 Å². The minimum Gasteiger partial charge on any atom is -0.486 e. The van der Waals surface area contributed by atoms with Crippen molar-refractivity contribution in [1.82, 2.24) is 10.0 Å². The van der Waals surface area contributed by atoms with Gasteiger partial charge in [0, 0.05) is 24.9 Å². The number of carbonyl (C=O) groups is 1. The molecular weight excluding hydrogens is 520 g/mol. The number of aliphatic hydroxyl groups is 2. The number of ether oxygens (including phenoxy) is 2. The SMILES string of the molecule is O=C(N[C@H]1c2ccccc2C[C@H]1O)[C@H](Cc1ccccc1)C[C@H](O)CNS(=O)(=O)c1ccc2c(c1)OCCO2. The Balaban J connectivity index is 1.26. The molecule has 0 unspecified atom stereocenters. The molecule has 0 aromatic heterocycles. The van der Waals surface area contributed by atoms with E-state index in [1.165, 1.54) is 18.2 Å². The maximum absolute atomic E-state index is 13.5. The minimum absolute atomic E-state index is 0.00795. The van der Waals surface area contributed by atoms with Crippen LogP contribution in [0.5, 0.6) is 11.5 Å². The van der Waals surface area contributed by atoms with Crippen molar-refractivity contribution >= 4 is 15.9 Å². The van der Waals surface area contributed by atoms with Crippen LogP contribution in [0.15, 0.2) is 77.7 Å².